The van der Waals surface area contributed by atoms with Crippen molar-refractivity contribution in [1.82, 2.24) is 5.32 Å². The lowest BCUT2D eigenvalue weighted by atomic mass is 10.2. The van der Waals surface area contributed by atoms with E-state index in [2.05, 4.69) is 16.0 Å². The quantitative estimate of drug-likeness (QED) is 0.788. The van der Waals surface area contributed by atoms with Crippen molar-refractivity contribution in [2.75, 3.05) is 11.9 Å². The van der Waals surface area contributed by atoms with Gasteiger partial charge in [0.05, 0.1) is 0 Å². The Balaban J connectivity index is 1.90. The number of anilines is 1. The molecule has 0 aliphatic rings. The summed E-state index contributed by atoms with van der Waals surface area (Å²) < 4.78 is 0. The summed E-state index contributed by atoms with van der Waals surface area (Å²) in [5.74, 6) is -0.173. The van der Waals surface area contributed by atoms with Crippen LogP contribution in [-0.2, 0) is 6.42 Å². The van der Waals surface area contributed by atoms with E-state index in [0.29, 0.717) is 17.8 Å². The van der Waals surface area contributed by atoms with Gasteiger partial charge in [-0.05, 0) is 47.0 Å². The molecule has 2 rings (SSSR count). The summed E-state index contributed by atoms with van der Waals surface area (Å²) in [7, 11) is 0. The molecule has 5 nitrogen and oxygen atoms in total. The predicted octanol–water partition coefficient (Wildman–Crippen LogP) is 2.21. The number of nitrogens with one attached hydrogen (secondary N) is 2. The molecule has 4 N–H and O–H groups in total. The Morgan fingerprint density at radius 3 is 2.80 bits per heavy atom. The number of urea groups is 1. The van der Waals surface area contributed by atoms with Crippen LogP contribution in [0.1, 0.15) is 15.9 Å². The number of amides is 3. The Hall–Kier alpha value is -2.34. The SMILES string of the molecule is NC(=O)Nc1cccc(C(=O)NCCc2ccsc2)c1. The molecule has 6 heteroatoms. The Kier molecular flexibility index (Phi) is 4.73. The average molecular weight is 289 g/mol. The minimum atomic E-state index is -0.653. The summed E-state index contributed by atoms with van der Waals surface area (Å²) in [6.45, 7) is 0.572. The van der Waals surface area contributed by atoms with Gasteiger partial charge in [-0.2, -0.15) is 11.3 Å². The van der Waals surface area contributed by atoms with Crippen LogP contribution in [0, 0.1) is 0 Å². The van der Waals surface area contributed by atoms with Crippen LogP contribution in [0.5, 0.6) is 0 Å². The molecule has 0 aliphatic carbocycles. The first-order valence-electron chi connectivity index (χ1n) is 6.11. The van der Waals surface area contributed by atoms with E-state index < -0.39 is 6.03 Å². The normalized spacial score (nSPS) is 10.0. The van der Waals surface area contributed by atoms with Crippen molar-refractivity contribution in [3.05, 3.63) is 52.2 Å². The Morgan fingerprint density at radius 1 is 1.25 bits per heavy atom. The van der Waals surface area contributed by atoms with E-state index >= 15 is 0 Å². The lowest BCUT2D eigenvalue weighted by Gasteiger charge is -2.07. The largest absolute Gasteiger partial charge is 0.352 e. The van der Waals surface area contributed by atoms with Crippen LogP contribution in [0.15, 0.2) is 41.1 Å². The molecule has 1 aromatic heterocycles. The number of rotatable bonds is 5. The molecular formula is C14H15N3O2S. The molecule has 1 aromatic carbocycles. The van der Waals surface area contributed by atoms with Crippen molar-refractivity contribution in [2.24, 2.45) is 5.73 Å². The molecular weight excluding hydrogens is 274 g/mol. The highest BCUT2D eigenvalue weighted by Gasteiger charge is 2.06. The molecule has 0 bridgehead atoms. The Labute approximate surface area is 120 Å². The second-order valence-corrected chi connectivity index (χ2v) is 4.99. The highest BCUT2D eigenvalue weighted by atomic mass is 32.1. The first kappa shape index (κ1) is 14.1. The Morgan fingerprint density at radius 2 is 2.10 bits per heavy atom. The average Bonchev–Trinajstić information content (AvgIpc) is 2.91. The number of nitrogens with two attached hydrogens (primary N) is 1. The summed E-state index contributed by atoms with van der Waals surface area (Å²) in [5.41, 5.74) is 7.23. The standard InChI is InChI=1S/C14H15N3O2S/c15-14(19)17-12-3-1-2-11(8-12)13(18)16-6-4-10-5-7-20-9-10/h1-3,5,7-9H,4,6H2,(H,16,18)(H3,15,17,19). The van der Waals surface area contributed by atoms with E-state index in [1.807, 2.05) is 11.4 Å². The van der Waals surface area contributed by atoms with Gasteiger partial charge in [-0.15, -0.1) is 0 Å². The van der Waals surface area contributed by atoms with Crippen LogP contribution in [0.4, 0.5) is 10.5 Å². The first-order valence-corrected chi connectivity index (χ1v) is 7.05. The third-order valence-electron chi connectivity index (χ3n) is 2.67. The smallest absolute Gasteiger partial charge is 0.316 e. The van der Waals surface area contributed by atoms with Crippen molar-refractivity contribution in [3.8, 4) is 0 Å². The monoisotopic (exact) mass is 289 g/mol. The van der Waals surface area contributed by atoms with Crippen LogP contribution >= 0.6 is 11.3 Å². The minimum absolute atomic E-state index is 0.173. The Bertz CT molecular complexity index is 596. The van der Waals surface area contributed by atoms with Crippen LogP contribution in [-0.4, -0.2) is 18.5 Å². The van der Waals surface area contributed by atoms with Crippen LogP contribution < -0.4 is 16.4 Å². The summed E-state index contributed by atoms with van der Waals surface area (Å²) in [4.78, 5) is 22.7. The summed E-state index contributed by atoms with van der Waals surface area (Å²) in [5, 5.41) is 9.35. The zero-order valence-corrected chi connectivity index (χ0v) is 11.6. The molecule has 0 fully saturated rings. The summed E-state index contributed by atoms with van der Waals surface area (Å²) in [6, 6.07) is 8.02. The van der Waals surface area contributed by atoms with Gasteiger partial charge >= 0.3 is 6.03 Å². The van der Waals surface area contributed by atoms with Gasteiger partial charge in [0.15, 0.2) is 0 Å². The minimum Gasteiger partial charge on any atom is -0.352 e. The zero-order valence-electron chi connectivity index (χ0n) is 10.8. The van der Waals surface area contributed by atoms with Gasteiger partial charge in [0.25, 0.3) is 5.91 Å². The van der Waals surface area contributed by atoms with Crippen molar-refractivity contribution < 1.29 is 9.59 Å². The van der Waals surface area contributed by atoms with E-state index in [-0.39, 0.29) is 5.91 Å². The van der Waals surface area contributed by atoms with Crippen molar-refractivity contribution in [2.45, 2.75) is 6.42 Å². The maximum Gasteiger partial charge on any atom is 0.316 e. The molecule has 0 atom stereocenters. The number of primary amides is 1. The first-order chi connectivity index (χ1) is 9.65. The molecule has 0 saturated heterocycles. The molecule has 3 amide bonds. The van der Waals surface area contributed by atoms with E-state index in [1.54, 1.807) is 35.6 Å². The number of hydrogen-bond donors (Lipinski definition) is 3. The van der Waals surface area contributed by atoms with E-state index in [9.17, 15) is 9.59 Å². The number of benzene rings is 1. The maximum absolute atomic E-state index is 12.0. The topological polar surface area (TPSA) is 84.2 Å². The molecule has 0 spiro atoms. The molecule has 0 saturated carbocycles. The third kappa shape index (κ3) is 4.10. The van der Waals surface area contributed by atoms with Gasteiger partial charge in [-0.3, -0.25) is 4.79 Å². The molecule has 20 heavy (non-hydrogen) atoms. The summed E-state index contributed by atoms with van der Waals surface area (Å²) >= 11 is 1.64. The second kappa shape index (κ2) is 6.72. The lowest BCUT2D eigenvalue weighted by Crippen LogP contribution is -2.26. The van der Waals surface area contributed by atoms with Crippen molar-refractivity contribution in [1.29, 1.82) is 0 Å². The molecule has 104 valence electrons. The van der Waals surface area contributed by atoms with Gasteiger partial charge in [0, 0.05) is 17.8 Å². The fourth-order valence-electron chi connectivity index (χ4n) is 1.74. The fourth-order valence-corrected chi connectivity index (χ4v) is 2.44. The van der Waals surface area contributed by atoms with Gasteiger partial charge in [-0.25, -0.2) is 4.79 Å². The molecule has 1 heterocycles. The molecule has 0 unspecified atom stereocenters. The second-order valence-electron chi connectivity index (χ2n) is 4.21. The van der Waals surface area contributed by atoms with Gasteiger partial charge in [-0.1, -0.05) is 6.07 Å². The summed E-state index contributed by atoms with van der Waals surface area (Å²) in [6.07, 6.45) is 0.800. The van der Waals surface area contributed by atoms with Crippen molar-refractivity contribution >= 4 is 29.0 Å². The number of carbonyl (C=O) groups excluding carboxylic acids is 2. The van der Waals surface area contributed by atoms with Gasteiger partial charge in [0.1, 0.15) is 0 Å². The number of thiophene rings is 1. The maximum atomic E-state index is 12.0. The highest BCUT2D eigenvalue weighted by molar-refractivity contribution is 7.07. The van der Waals surface area contributed by atoms with Crippen LogP contribution in [0.3, 0.4) is 0 Å². The number of hydrogen-bond acceptors (Lipinski definition) is 3. The van der Waals surface area contributed by atoms with Crippen LogP contribution in [0.25, 0.3) is 0 Å². The lowest BCUT2D eigenvalue weighted by molar-refractivity contribution is 0.0954. The van der Waals surface area contributed by atoms with Crippen LogP contribution in [0.2, 0.25) is 0 Å². The van der Waals surface area contributed by atoms with Crippen molar-refractivity contribution in [3.63, 3.8) is 0 Å². The van der Waals surface area contributed by atoms with E-state index in [4.69, 9.17) is 5.73 Å². The third-order valence-corrected chi connectivity index (χ3v) is 3.40. The molecule has 0 radical (unpaired) electrons. The fraction of sp³-hybridized carbons (Fsp3) is 0.143. The molecule has 2 aromatic rings. The number of carbonyl (C=O) groups is 2. The van der Waals surface area contributed by atoms with Gasteiger partial charge < -0.3 is 16.4 Å². The zero-order chi connectivity index (χ0) is 14.4. The van der Waals surface area contributed by atoms with Gasteiger partial charge in [0.2, 0.25) is 0 Å². The van der Waals surface area contributed by atoms with E-state index in [0.717, 1.165) is 6.42 Å². The molecule has 0 aliphatic heterocycles. The highest BCUT2D eigenvalue weighted by Crippen LogP contribution is 2.10. The van der Waals surface area contributed by atoms with E-state index in [1.165, 1.54) is 5.56 Å². The predicted molar refractivity (Wildman–Crippen MR) is 80.0 cm³/mol.